The molecule has 0 atom stereocenters. The lowest BCUT2D eigenvalue weighted by Crippen LogP contribution is -2.87. The van der Waals surface area contributed by atoms with E-state index in [2.05, 4.69) is 210 Å². The van der Waals surface area contributed by atoms with E-state index in [1.165, 1.54) is 0 Å². The lowest BCUT2D eigenvalue weighted by atomic mass is 9.38. The van der Waals surface area contributed by atoms with E-state index in [0.717, 1.165) is 56.2 Å². The molecule has 0 saturated carbocycles. The predicted molar refractivity (Wildman–Crippen MR) is 240 cm³/mol. The number of hydrogen-bond donors (Lipinski definition) is 0. The van der Waals surface area contributed by atoms with Gasteiger partial charge in [0.1, 0.15) is 23.6 Å². The summed E-state index contributed by atoms with van der Waals surface area (Å²) < 4.78 is 14.2. The van der Waals surface area contributed by atoms with Gasteiger partial charge in [-0.3, -0.25) is 0 Å². The average molecular weight is 748 g/mol. The fourth-order valence-corrected chi connectivity index (χ4v) is 8.80. The van der Waals surface area contributed by atoms with Crippen LogP contribution < -0.4 is 35.6 Å². The van der Waals surface area contributed by atoms with Gasteiger partial charge in [0.2, 0.25) is 0 Å². The molecule has 1 saturated heterocycles. The molecule has 1 aromatic heterocycles. The van der Waals surface area contributed by atoms with E-state index in [9.17, 15) is 0 Å². The van der Waals surface area contributed by atoms with Crippen LogP contribution in [0.25, 0.3) is 11.4 Å². The summed E-state index contributed by atoms with van der Waals surface area (Å²) in [4.78, 5) is 15.5. The Balaban J connectivity index is 1.25. The Morgan fingerprint density at radius 2 is 0.897 bits per heavy atom. The van der Waals surface area contributed by atoms with Crippen LogP contribution in [0.15, 0.2) is 200 Å². The summed E-state index contributed by atoms with van der Waals surface area (Å²) in [5.74, 6) is 2.17. The Hall–Kier alpha value is -7.06. The molecular weight excluding hydrogens is 709 g/mol. The number of para-hydroxylation sites is 5. The average Bonchev–Trinajstić information content (AvgIpc) is 3.29. The molecule has 0 bridgehead atoms. The second-order valence-corrected chi connectivity index (χ2v) is 15.2. The molecular formula is C48H39B3N6O. The zero-order valence-electron chi connectivity index (χ0n) is 32.4. The Kier molecular flexibility index (Phi) is 9.02. The van der Waals surface area contributed by atoms with Crippen molar-refractivity contribution in [1.82, 2.24) is 15.0 Å². The Morgan fingerprint density at radius 3 is 1.43 bits per heavy atom. The molecule has 7 nitrogen and oxygen atoms in total. The molecule has 0 unspecified atom stereocenters. The minimum atomic E-state index is -0.514. The Morgan fingerprint density at radius 1 is 0.448 bits per heavy atom. The first-order valence-electron chi connectivity index (χ1n) is 19.8. The molecule has 7 aromatic carbocycles. The molecule has 2 aliphatic rings. The number of aromatic nitrogens is 3. The lowest BCUT2D eigenvalue weighted by molar-refractivity contribution is 0.419. The molecule has 1 fully saturated rings. The number of hydrogen-bond acceptors (Lipinski definition) is 7. The van der Waals surface area contributed by atoms with E-state index in [4.69, 9.17) is 19.7 Å². The van der Waals surface area contributed by atoms with Crippen molar-refractivity contribution < 1.29 is 4.74 Å². The van der Waals surface area contributed by atoms with Gasteiger partial charge in [0.05, 0.1) is 5.56 Å². The van der Waals surface area contributed by atoms with E-state index < -0.39 is 6.98 Å². The maximum Gasteiger partial charge on any atom is 0.430 e. The van der Waals surface area contributed by atoms with Crippen LogP contribution in [0.2, 0.25) is 0 Å². The first kappa shape index (κ1) is 35.4. The van der Waals surface area contributed by atoms with Crippen LogP contribution in [0.1, 0.15) is 25.0 Å². The van der Waals surface area contributed by atoms with Crippen molar-refractivity contribution in [3.05, 3.63) is 212 Å². The molecule has 3 heterocycles. The lowest BCUT2D eigenvalue weighted by Gasteiger charge is -2.56. The number of rotatable bonds is 7. The minimum absolute atomic E-state index is 0.291. The van der Waals surface area contributed by atoms with E-state index in [1.54, 1.807) is 6.33 Å². The summed E-state index contributed by atoms with van der Waals surface area (Å²) >= 11 is 0. The van der Waals surface area contributed by atoms with Crippen molar-refractivity contribution in [1.29, 1.82) is 0 Å². The highest BCUT2D eigenvalue weighted by Gasteiger charge is 2.57. The summed E-state index contributed by atoms with van der Waals surface area (Å²) in [6.45, 7) is 3.39. The molecule has 58 heavy (non-hydrogen) atoms. The van der Waals surface area contributed by atoms with Gasteiger partial charge < -0.3 is 18.9 Å². The van der Waals surface area contributed by atoms with Gasteiger partial charge in [-0.2, -0.15) is 0 Å². The molecule has 8 aromatic rings. The zero-order valence-corrected chi connectivity index (χ0v) is 32.4. The topological polar surface area (TPSA) is 57.6 Å². The zero-order chi connectivity index (χ0) is 39.1. The van der Waals surface area contributed by atoms with E-state index in [0.29, 0.717) is 11.5 Å². The van der Waals surface area contributed by atoms with Crippen LogP contribution in [0.5, 0.6) is 11.5 Å². The molecule has 0 radical (unpaired) electrons. The third-order valence-electron chi connectivity index (χ3n) is 11.5. The molecule has 2 aliphatic heterocycles. The molecule has 0 spiro atoms. The van der Waals surface area contributed by atoms with Crippen molar-refractivity contribution >= 4 is 54.7 Å². The normalized spacial score (nSPS) is 14.4. The van der Waals surface area contributed by atoms with Crippen LogP contribution in [0.4, 0.5) is 17.1 Å². The monoisotopic (exact) mass is 748 g/mol. The maximum absolute atomic E-state index is 6.75. The summed E-state index contributed by atoms with van der Waals surface area (Å²) in [7, 11) is 0. The van der Waals surface area contributed by atoms with Crippen molar-refractivity contribution in [3.63, 3.8) is 0 Å². The highest BCUT2D eigenvalue weighted by Crippen LogP contribution is 2.50. The largest absolute Gasteiger partial charge is 0.456 e. The standard InChI is InChI=1S/C48H39B3N6O/c1-48(2)42-32-18-19-34-44(42)58-45-41(31-20-33-43(45)48)46-52-35-53-47(54-46)51-56(39-27-14-6-15-28-39)49(36-21-8-3-9-22-36)55(38-25-12-5-13-26-38)50(37-23-10-4-11-24-37)57(51)40-29-16-7-17-30-40/h3-35H,1-2H3. The second-order valence-electron chi connectivity index (χ2n) is 15.2. The third-order valence-corrected chi connectivity index (χ3v) is 11.5. The van der Waals surface area contributed by atoms with Crippen molar-refractivity contribution in [2.24, 2.45) is 0 Å². The van der Waals surface area contributed by atoms with E-state index in [1.807, 2.05) is 12.1 Å². The van der Waals surface area contributed by atoms with Crippen LogP contribution in [-0.2, 0) is 5.41 Å². The van der Waals surface area contributed by atoms with Gasteiger partial charge in [-0.25, -0.2) is 15.0 Å². The summed E-state index contributed by atoms with van der Waals surface area (Å²) in [5, 5.41) is 0. The van der Waals surface area contributed by atoms with Crippen LogP contribution in [0.3, 0.4) is 0 Å². The fraction of sp³-hybridized carbons (Fsp3) is 0.0625. The predicted octanol–water partition coefficient (Wildman–Crippen LogP) is 7.99. The van der Waals surface area contributed by atoms with Gasteiger partial charge in [0, 0.05) is 33.6 Å². The Bertz CT molecular complexity index is 2590. The molecule has 10 heteroatoms. The number of benzene rings is 7. The smallest absolute Gasteiger partial charge is 0.430 e. The van der Waals surface area contributed by atoms with Crippen molar-refractivity contribution in [2.45, 2.75) is 19.3 Å². The van der Waals surface area contributed by atoms with E-state index in [-0.39, 0.29) is 19.4 Å². The quantitative estimate of drug-likeness (QED) is 0.153. The molecule has 0 N–H and O–H groups in total. The Labute approximate surface area is 341 Å². The van der Waals surface area contributed by atoms with Gasteiger partial charge in [0.15, 0.2) is 5.82 Å². The molecule has 0 amide bonds. The van der Waals surface area contributed by atoms with Crippen molar-refractivity contribution in [3.8, 4) is 22.9 Å². The van der Waals surface area contributed by atoms with Gasteiger partial charge in [-0.1, -0.05) is 159 Å². The summed E-state index contributed by atoms with van der Waals surface area (Å²) in [5.41, 5.74) is 8.78. The minimum Gasteiger partial charge on any atom is -0.456 e. The van der Waals surface area contributed by atoms with Gasteiger partial charge in [-0.15, -0.1) is 0 Å². The highest BCUT2D eigenvalue weighted by molar-refractivity contribution is 7.14. The first-order valence-corrected chi connectivity index (χ1v) is 19.8. The van der Waals surface area contributed by atoms with Gasteiger partial charge in [0.25, 0.3) is 0 Å². The van der Waals surface area contributed by atoms with Crippen LogP contribution in [-0.4, -0.2) is 35.9 Å². The SMILES string of the molecule is CC1(C)c2ccccc2Oc2c(-c3ncnc(B4N(c5ccccc5)B(c5ccccc5)N(c5ccccc5)B(c5ccccc5)N4c4ccccc4)n3)cccc21. The van der Waals surface area contributed by atoms with Gasteiger partial charge >= 0.3 is 20.9 Å². The second kappa shape index (κ2) is 14.8. The highest BCUT2D eigenvalue weighted by atomic mass is 16.5. The third kappa shape index (κ3) is 6.09. The number of nitrogens with zero attached hydrogens (tertiary/aromatic N) is 6. The molecule has 0 aliphatic carbocycles. The van der Waals surface area contributed by atoms with Crippen LogP contribution >= 0.6 is 0 Å². The van der Waals surface area contributed by atoms with Crippen molar-refractivity contribution in [2.75, 3.05) is 14.2 Å². The van der Waals surface area contributed by atoms with Crippen LogP contribution in [0, 0.1) is 0 Å². The summed E-state index contributed by atoms with van der Waals surface area (Å²) in [6.07, 6.45) is 1.66. The number of fused-ring (bicyclic) bond motifs is 2. The summed E-state index contributed by atoms with van der Waals surface area (Å²) in [6, 6.07) is 68.1. The number of anilines is 3. The van der Waals surface area contributed by atoms with Gasteiger partial charge in [-0.05, 0) is 59.5 Å². The molecule has 10 rings (SSSR count). The number of ether oxygens (including phenoxy) is 1. The first-order chi connectivity index (χ1) is 28.6. The van der Waals surface area contributed by atoms with E-state index >= 15 is 0 Å². The fourth-order valence-electron chi connectivity index (χ4n) is 8.80. The molecule has 276 valence electrons. The maximum atomic E-state index is 6.75.